The van der Waals surface area contributed by atoms with Gasteiger partial charge in [-0.2, -0.15) is 0 Å². The molecule has 0 aliphatic rings. The van der Waals surface area contributed by atoms with Gasteiger partial charge in [0.15, 0.2) is 0 Å². The summed E-state index contributed by atoms with van der Waals surface area (Å²) >= 11 is 0. The first-order valence-electron chi connectivity index (χ1n) is 7.72. The Bertz CT molecular complexity index is 209. The van der Waals surface area contributed by atoms with Crippen molar-refractivity contribution in [1.29, 1.82) is 0 Å². The molecule has 0 atom stereocenters. The molecule has 0 heterocycles. The van der Waals surface area contributed by atoms with Gasteiger partial charge in [-0.25, -0.2) is 0 Å². The molecule has 21 heavy (non-hydrogen) atoms. The van der Waals surface area contributed by atoms with Crippen molar-refractivity contribution in [3.63, 3.8) is 0 Å². The maximum absolute atomic E-state index is 9.88. The Balaban J connectivity index is -0.000000256. The van der Waals surface area contributed by atoms with Crippen LogP contribution in [0.15, 0.2) is 0 Å². The van der Waals surface area contributed by atoms with E-state index in [0.29, 0.717) is 37.8 Å². The summed E-state index contributed by atoms with van der Waals surface area (Å²) in [6.45, 7) is 9.17. The number of carbonyl (C=O) groups excluding carboxylic acids is 3. The Morgan fingerprint density at radius 1 is 0.810 bits per heavy atom. The van der Waals surface area contributed by atoms with Crippen LogP contribution in [0.1, 0.15) is 66.2 Å². The van der Waals surface area contributed by atoms with E-state index in [0.717, 1.165) is 38.2 Å². The highest BCUT2D eigenvalue weighted by molar-refractivity contribution is 5.52. The number of hydrogen-bond acceptors (Lipinski definition) is 5. The van der Waals surface area contributed by atoms with Gasteiger partial charge in [-0.1, -0.05) is 27.7 Å². The standard InChI is InChI=1S/C8H17NO.C5H8O2.C3H9N/c1-8(2)9-6-4-3-5-7-10;6-4-2-1-3-5-7;1-3(2)4/h7-9H,3-6H2,1-2H3;4-5H,1-3H2;3H,4H2,1-2H3. The van der Waals surface area contributed by atoms with Crippen molar-refractivity contribution in [2.24, 2.45) is 5.73 Å². The summed E-state index contributed by atoms with van der Waals surface area (Å²) in [4.78, 5) is 29.0. The van der Waals surface area contributed by atoms with Crippen LogP contribution in [0.5, 0.6) is 0 Å². The van der Waals surface area contributed by atoms with E-state index in [1.165, 1.54) is 0 Å². The van der Waals surface area contributed by atoms with Crippen molar-refractivity contribution in [1.82, 2.24) is 5.32 Å². The predicted molar refractivity (Wildman–Crippen MR) is 88.4 cm³/mol. The molecule has 0 amide bonds. The van der Waals surface area contributed by atoms with Crippen molar-refractivity contribution in [2.75, 3.05) is 6.54 Å². The van der Waals surface area contributed by atoms with E-state index in [4.69, 9.17) is 5.73 Å². The van der Waals surface area contributed by atoms with Gasteiger partial charge in [-0.15, -0.1) is 0 Å². The van der Waals surface area contributed by atoms with Crippen LogP contribution >= 0.6 is 0 Å². The summed E-state index contributed by atoms with van der Waals surface area (Å²) in [5.41, 5.74) is 5.11. The predicted octanol–water partition coefficient (Wildman–Crippen LogP) is 2.26. The maximum Gasteiger partial charge on any atom is 0.120 e. The molecular weight excluding hydrogens is 268 g/mol. The highest BCUT2D eigenvalue weighted by Gasteiger charge is 1.90. The molecule has 3 N–H and O–H groups in total. The second kappa shape index (κ2) is 24.0. The fraction of sp³-hybridized carbons (Fsp3) is 0.812. The van der Waals surface area contributed by atoms with Crippen LogP contribution in [-0.4, -0.2) is 37.5 Å². The summed E-state index contributed by atoms with van der Waals surface area (Å²) in [5.74, 6) is 0. The summed E-state index contributed by atoms with van der Waals surface area (Å²) in [7, 11) is 0. The average Bonchev–Trinajstić information content (AvgIpc) is 2.39. The lowest BCUT2D eigenvalue weighted by molar-refractivity contribution is -0.109. The second-order valence-corrected chi connectivity index (χ2v) is 5.28. The van der Waals surface area contributed by atoms with Gasteiger partial charge in [0.2, 0.25) is 0 Å². The van der Waals surface area contributed by atoms with Gasteiger partial charge in [0.1, 0.15) is 18.9 Å². The van der Waals surface area contributed by atoms with Crippen LogP contribution in [0, 0.1) is 0 Å². The van der Waals surface area contributed by atoms with E-state index in [1.807, 2.05) is 13.8 Å². The molecule has 126 valence electrons. The van der Waals surface area contributed by atoms with Crippen molar-refractivity contribution in [2.45, 2.75) is 78.3 Å². The summed E-state index contributed by atoms with van der Waals surface area (Å²) in [5, 5.41) is 3.29. The summed E-state index contributed by atoms with van der Waals surface area (Å²) < 4.78 is 0. The first kappa shape index (κ1) is 24.9. The highest BCUT2D eigenvalue weighted by atomic mass is 16.1. The fourth-order valence-corrected chi connectivity index (χ4v) is 1.03. The molecule has 0 aromatic heterocycles. The lowest BCUT2D eigenvalue weighted by atomic mass is 10.2. The normalized spacial score (nSPS) is 9.29. The van der Waals surface area contributed by atoms with Crippen molar-refractivity contribution in [3.05, 3.63) is 0 Å². The number of unbranched alkanes of at least 4 members (excludes halogenated alkanes) is 4. The molecular formula is C16H34N2O3. The minimum Gasteiger partial charge on any atom is -0.328 e. The second-order valence-electron chi connectivity index (χ2n) is 5.28. The Labute approximate surface area is 130 Å². The highest BCUT2D eigenvalue weighted by Crippen LogP contribution is 1.90. The minimum absolute atomic E-state index is 0.333. The van der Waals surface area contributed by atoms with Gasteiger partial charge >= 0.3 is 0 Å². The molecule has 5 heteroatoms. The van der Waals surface area contributed by atoms with E-state index in [-0.39, 0.29) is 0 Å². The number of rotatable bonds is 10. The monoisotopic (exact) mass is 302 g/mol. The average molecular weight is 302 g/mol. The Morgan fingerprint density at radius 2 is 1.19 bits per heavy atom. The molecule has 0 saturated heterocycles. The zero-order chi connectivity index (χ0) is 16.9. The van der Waals surface area contributed by atoms with Gasteiger partial charge in [-0.3, -0.25) is 0 Å². The zero-order valence-corrected chi connectivity index (χ0v) is 14.1. The van der Waals surface area contributed by atoms with Gasteiger partial charge in [-0.05, 0) is 31.8 Å². The molecule has 0 rings (SSSR count). The van der Waals surface area contributed by atoms with Crippen molar-refractivity contribution >= 4 is 18.9 Å². The molecule has 5 nitrogen and oxygen atoms in total. The summed E-state index contributed by atoms with van der Waals surface area (Å²) in [6, 6.07) is 0.899. The third kappa shape index (κ3) is 55.0. The molecule has 0 fully saturated rings. The van der Waals surface area contributed by atoms with Gasteiger partial charge in [0.05, 0.1) is 0 Å². The SMILES string of the molecule is CC(C)N.CC(C)NCCCCC=O.O=CCCCC=O. The minimum atomic E-state index is 0.333. The molecule has 0 aliphatic heterocycles. The molecule has 0 unspecified atom stereocenters. The lowest BCUT2D eigenvalue weighted by Crippen LogP contribution is -2.23. The maximum atomic E-state index is 9.88. The first-order valence-corrected chi connectivity index (χ1v) is 7.72. The zero-order valence-electron chi connectivity index (χ0n) is 14.1. The van der Waals surface area contributed by atoms with Gasteiger partial charge < -0.3 is 25.4 Å². The Kier molecular flexibility index (Phi) is 28.5. The Hall–Kier alpha value is -1.07. The molecule has 0 aromatic carbocycles. The van der Waals surface area contributed by atoms with Crippen molar-refractivity contribution < 1.29 is 14.4 Å². The van der Waals surface area contributed by atoms with Gasteiger partial charge in [0.25, 0.3) is 0 Å². The third-order valence-electron chi connectivity index (χ3n) is 1.95. The van der Waals surface area contributed by atoms with Gasteiger partial charge in [0, 0.05) is 25.3 Å². The van der Waals surface area contributed by atoms with Crippen LogP contribution in [0.3, 0.4) is 0 Å². The van der Waals surface area contributed by atoms with Crippen LogP contribution in [0.25, 0.3) is 0 Å². The largest absolute Gasteiger partial charge is 0.328 e. The molecule has 0 spiro atoms. The molecule has 0 bridgehead atoms. The number of carbonyl (C=O) groups is 3. The molecule has 0 aromatic rings. The number of nitrogens with two attached hydrogens (primary N) is 1. The smallest absolute Gasteiger partial charge is 0.120 e. The third-order valence-corrected chi connectivity index (χ3v) is 1.95. The van der Waals surface area contributed by atoms with E-state index < -0.39 is 0 Å². The topological polar surface area (TPSA) is 89.3 Å². The van der Waals surface area contributed by atoms with Crippen LogP contribution in [-0.2, 0) is 14.4 Å². The van der Waals surface area contributed by atoms with Crippen LogP contribution in [0.2, 0.25) is 0 Å². The van der Waals surface area contributed by atoms with Crippen LogP contribution in [0.4, 0.5) is 0 Å². The van der Waals surface area contributed by atoms with E-state index >= 15 is 0 Å². The number of nitrogens with one attached hydrogen (secondary N) is 1. The van der Waals surface area contributed by atoms with Crippen molar-refractivity contribution in [3.8, 4) is 0 Å². The van der Waals surface area contributed by atoms with Crippen LogP contribution < -0.4 is 11.1 Å². The quantitative estimate of drug-likeness (QED) is 0.477. The molecule has 0 radical (unpaired) electrons. The lowest BCUT2D eigenvalue weighted by Gasteiger charge is -2.05. The fourth-order valence-electron chi connectivity index (χ4n) is 1.03. The molecule has 0 aliphatic carbocycles. The Morgan fingerprint density at radius 3 is 1.52 bits per heavy atom. The first-order chi connectivity index (χ1) is 9.92. The van der Waals surface area contributed by atoms with E-state index in [9.17, 15) is 14.4 Å². The number of hydrogen-bond donors (Lipinski definition) is 2. The van der Waals surface area contributed by atoms with E-state index in [2.05, 4.69) is 19.2 Å². The molecule has 0 saturated carbocycles. The number of aldehydes is 3. The van der Waals surface area contributed by atoms with E-state index in [1.54, 1.807) is 0 Å². The summed E-state index contributed by atoms with van der Waals surface area (Å²) in [6.07, 6.45) is 7.19.